The van der Waals surface area contributed by atoms with Gasteiger partial charge in [0.2, 0.25) is 0 Å². The van der Waals surface area contributed by atoms with Gasteiger partial charge in [-0.05, 0) is 37.1 Å². The minimum Gasteiger partial charge on any atom is -0.460 e. The maximum atomic E-state index is 13.8. The first-order valence-electron chi connectivity index (χ1n) is 8.83. The lowest BCUT2D eigenvalue weighted by Gasteiger charge is -2.32. The van der Waals surface area contributed by atoms with E-state index in [0.29, 0.717) is 37.2 Å². The number of hydrogen-bond donors (Lipinski definition) is 0. The molecule has 1 saturated heterocycles. The summed E-state index contributed by atoms with van der Waals surface area (Å²) in [5.74, 6) is -1.30. The van der Waals surface area contributed by atoms with Crippen LogP contribution >= 0.6 is 0 Å². The van der Waals surface area contributed by atoms with Crippen LogP contribution in [0.1, 0.15) is 24.0 Å². The predicted octanol–water partition coefficient (Wildman–Crippen LogP) is 3.57. The van der Waals surface area contributed by atoms with Gasteiger partial charge in [0.25, 0.3) is 5.69 Å². The third-order valence-electron chi connectivity index (χ3n) is 4.79. The summed E-state index contributed by atoms with van der Waals surface area (Å²) in [5.41, 5.74) is 1.03. The molecule has 0 radical (unpaired) electrons. The van der Waals surface area contributed by atoms with Gasteiger partial charge >= 0.3 is 5.97 Å². The number of nitrogens with zero attached hydrogens (tertiary/aromatic N) is 3. The highest BCUT2D eigenvalue weighted by Crippen LogP contribution is 2.31. The van der Waals surface area contributed by atoms with Crippen LogP contribution in [0.2, 0.25) is 0 Å². The molecule has 0 unspecified atom stereocenters. The minimum atomic E-state index is -0.530. The Bertz CT molecular complexity index is 933. The summed E-state index contributed by atoms with van der Waals surface area (Å²) in [6.45, 7) is 0.746. The highest BCUT2D eigenvalue weighted by Gasteiger charge is 2.29. The lowest BCUT2D eigenvalue weighted by molar-refractivity contribution is -0.384. The number of esters is 1. The minimum absolute atomic E-state index is 0.0383. The van der Waals surface area contributed by atoms with Gasteiger partial charge in [0, 0.05) is 24.7 Å². The van der Waals surface area contributed by atoms with Gasteiger partial charge in [0.05, 0.1) is 22.5 Å². The summed E-state index contributed by atoms with van der Waals surface area (Å²) >= 11 is 0. The Kier molecular flexibility index (Phi) is 5.84. The zero-order valence-electron chi connectivity index (χ0n) is 15.0. The van der Waals surface area contributed by atoms with Crippen LogP contribution in [0.5, 0.6) is 0 Å². The maximum absolute atomic E-state index is 13.8. The van der Waals surface area contributed by atoms with Crippen molar-refractivity contribution >= 4 is 17.3 Å². The fourth-order valence-corrected chi connectivity index (χ4v) is 3.26. The molecule has 3 rings (SSSR count). The van der Waals surface area contributed by atoms with Gasteiger partial charge < -0.3 is 9.64 Å². The van der Waals surface area contributed by atoms with E-state index in [9.17, 15) is 19.3 Å². The van der Waals surface area contributed by atoms with Crippen molar-refractivity contribution in [2.45, 2.75) is 19.4 Å². The Balaban J connectivity index is 1.58. The normalized spacial score (nSPS) is 14.4. The number of carbonyl (C=O) groups excluding carboxylic acids is 1. The van der Waals surface area contributed by atoms with Crippen LogP contribution in [-0.2, 0) is 16.1 Å². The lowest BCUT2D eigenvalue weighted by Crippen LogP contribution is -2.37. The molecule has 0 spiro atoms. The van der Waals surface area contributed by atoms with Crippen LogP contribution in [0.3, 0.4) is 0 Å². The molecule has 0 bridgehead atoms. The van der Waals surface area contributed by atoms with Crippen molar-refractivity contribution in [2.75, 3.05) is 18.0 Å². The van der Waals surface area contributed by atoms with Crippen LogP contribution in [0.4, 0.5) is 15.8 Å². The van der Waals surface area contributed by atoms with Crippen molar-refractivity contribution in [1.29, 1.82) is 5.26 Å². The molecule has 7 nitrogen and oxygen atoms in total. The number of benzene rings is 2. The number of anilines is 1. The lowest BCUT2D eigenvalue weighted by atomic mass is 9.96. The van der Waals surface area contributed by atoms with Gasteiger partial charge in [-0.15, -0.1) is 0 Å². The highest BCUT2D eigenvalue weighted by molar-refractivity contribution is 5.73. The smallest absolute Gasteiger partial charge is 0.309 e. The number of ether oxygens (including phenoxy) is 1. The summed E-state index contributed by atoms with van der Waals surface area (Å²) in [4.78, 5) is 25.0. The van der Waals surface area contributed by atoms with Crippen molar-refractivity contribution in [1.82, 2.24) is 0 Å². The predicted molar refractivity (Wildman–Crippen MR) is 98.9 cm³/mol. The second-order valence-corrected chi connectivity index (χ2v) is 6.53. The number of nitriles is 1. The molecule has 28 heavy (non-hydrogen) atoms. The van der Waals surface area contributed by atoms with E-state index in [2.05, 4.69) is 0 Å². The number of para-hydroxylation sites is 2. The number of halogens is 1. The number of hydrogen-bond acceptors (Lipinski definition) is 6. The molecular weight excluding hydrogens is 365 g/mol. The molecule has 0 amide bonds. The van der Waals surface area contributed by atoms with E-state index >= 15 is 0 Å². The van der Waals surface area contributed by atoms with E-state index in [-0.39, 0.29) is 23.8 Å². The van der Waals surface area contributed by atoms with Crippen LogP contribution in [0.15, 0.2) is 42.5 Å². The molecule has 1 aliphatic heterocycles. The van der Waals surface area contributed by atoms with E-state index in [1.165, 1.54) is 24.3 Å². The standard InChI is InChI=1S/C20H18FN3O4/c21-17-6-5-14(12-22)11-16(17)13-28-20(25)15-7-9-23(10-8-15)18-3-1-2-4-19(18)24(26)27/h1-6,11,15H,7-10,13H2. The zero-order chi connectivity index (χ0) is 20.1. The van der Waals surface area contributed by atoms with Gasteiger partial charge in [-0.2, -0.15) is 5.26 Å². The van der Waals surface area contributed by atoms with Crippen molar-refractivity contribution < 1.29 is 18.8 Å². The molecule has 2 aromatic carbocycles. The largest absolute Gasteiger partial charge is 0.460 e. The molecule has 2 aromatic rings. The molecule has 0 saturated carbocycles. The summed E-state index contributed by atoms with van der Waals surface area (Å²) in [6, 6.07) is 12.3. The number of nitro benzene ring substituents is 1. The molecule has 1 heterocycles. The summed E-state index contributed by atoms with van der Waals surface area (Å²) in [5, 5.41) is 20.1. The van der Waals surface area contributed by atoms with Gasteiger partial charge in [-0.1, -0.05) is 12.1 Å². The molecule has 8 heteroatoms. The summed E-state index contributed by atoms with van der Waals surface area (Å²) in [7, 11) is 0. The summed E-state index contributed by atoms with van der Waals surface area (Å²) in [6.07, 6.45) is 0.983. The van der Waals surface area contributed by atoms with Gasteiger partial charge in [0.15, 0.2) is 0 Å². The number of nitro groups is 1. The van der Waals surface area contributed by atoms with Crippen LogP contribution in [-0.4, -0.2) is 24.0 Å². The first kappa shape index (κ1) is 19.3. The molecule has 0 atom stereocenters. The Morgan fingerprint density at radius 2 is 2.00 bits per heavy atom. The quantitative estimate of drug-likeness (QED) is 0.445. The summed E-state index contributed by atoms with van der Waals surface area (Å²) < 4.78 is 19.0. The zero-order valence-corrected chi connectivity index (χ0v) is 15.0. The Hall–Kier alpha value is -3.47. The van der Waals surface area contributed by atoms with Crippen LogP contribution in [0, 0.1) is 33.2 Å². The van der Waals surface area contributed by atoms with Crippen molar-refractivity contribution in [2.24, 2.45) is 5.92 Å². The van der Waals surface area contributed by atoms with Crippen molar-refractivity contribution in [3.8, 4) is 6.07 Å². The third kappa shape index (κ3) is 4.26. The van der Waals surface area contributed by atoms with E-state index in [1.54, 1.807) is 18.2 Å². The van der Waals surface area contributed by atoms with E-state index in [4.69, 9.17) is 10.00 Å². The Morgan fingerprint density at radius 3 is 2.68 bits per heavy atom. The van der Waals surface area contributed by atoms with Crippen molar-refractivity contribution in [3.63, 3.8) is 0 Å². The number of carbonyl (C=O) groups is 1. The third-order valence-corrected chi connectivity index (χ3v) is 4.79. The van der Waals surface area contributed by atoms with Crippen LogP contribution < -0.4 is 4.90 Å². The first-order chi connectivity index (χ1) is 13.5. The molecular formula is C20H18FN3O4. The van der Waals surface area contributed by atoms with E-state index in [0.717, 1.165) is 0 Å². The Labute approximate surface area is 161 Å². The van der Waals surface area contributed by atoms with E-state index in [1.807, 2.05) is 11.0 Å². The average molecular weight is 383 g/mol. The van der Waals surface area contributed by atoms with Gasteiger partial charge in [-0.25, -0.2) is 4.39 Å². The molecule has 1 aliphatic rings. The molecule has 144 valence electrons. The molecule has 0 N–H and O–H groups in total. The SMILES string of the molecule is N#Cc1ccc(F)c(COC(=O)C2CCN(c3ccccc3[N+](=O)[O-])CC2)c1. The fourth-order valence-electron chi connectivity index (χ4n) is 3.26. The first-order valence-corrected chi connectivity index (χ1v) is 8.83. The topological polar surface area (TPSA) is 96.5 Å². The average Bonchev–Trinajstić information content (AvgIpc) is 2.73. The second-order valence-electron chi connectivity index (χ2n) is 6.53. The van der Waals surface area contributed by atoms with Gasteiger partial charge in [-0.3, -0.25) is 14.9 Å². The fraction of sp³-hybridized carbons (Fsp3) is 0.300. The Morgan fingerprint density at radius 1 is 1.29 bits per heavy atom. The van der Waals surface area contributed by atoms with Gasteiger partial charge in [0.1, 0.15) is 18.1 Å². The number of rotatable bonds is 5. The highest BCUT2D eigenvalue weighted by atomic mass is 19.1. The maximum Gasteiger partial charge on any atom is 0.309 e. The van der Waals surface area contributed by atoms with E-state index < -0.39 is 16.7 Å². The second kappa shape index (κ2) is 8.48. The molecule has 0 aromatic heterocycles. The number of piperidine rings is 1. The van der Waals surface area contributed by atoms with Crippen LogP contribution in [0.25, 0.3) is 0 Å². The van der Waals surface area contributed by atoms with Crippen molar-refractivity contribution in [3.05, 3.63) is 69.5 Å². The molecule has 1 fully saturated rings. The monoisotopic (exact) mass is 383 g/mol. The molecule has 0 aliphatic carbocycles.